The number of carbonyl (C=O) groups excluding carboxylic acids is 1. The van der Waals surface area contributed by atoms with Crippen molar-refractivity contribution >= 4 is 5.97 Å². The summed E-state index contributed by atoms with van der Waals surface area (Å²) in [6.07, 6.45) is 32.6. The Balaban J connectivity index is 1.17. The van der Waals surface area contributed by atoms with Crippen LogP contribution in [0.25, 0.3) is 0 Å². The third-order valence-corrected chi connectivity index (χ3v) is 12.9. The number of hydrogen-bond acceptors (Lipinski definition) is 2. The standard InChI is InChI=1S/C38H64O2/c1-6-7-8-9-10-11-12-13-20-36(39)40-28-29(2)17-16-18-30(3)33-23-24-34-32-22-21-31-19-14-15-26-37(31,4)35(32)25-27-38(33,34)5/h13,20,28,30-35H,6-12,14-19,21-27H2,1-5H3/t30-,31?,32+,33-,34+,35+,37+,38-/m1/s1. The molecule has 0 spiro atoms. The van der Waals surface area contributed by atoms with Crippen molar-refractivity contribution in [3.05, 3.63) is 24.0 Å². The van der Waals surface area contributed by atoms with Crippen LogP contribution < -0.4 is 0 Å². The fourth-order valence-corrected chi connectivity index (χ4v) is 10.7. The summed E-state index contributed by atoms with van der Waals surface area (Å²) in [5.74, 6) is 5.50. The first-order chi connectivity index (χ1) is 19.3. The summed E-state index contributed by atoms with van der Waals surface area (Å²) >= 11 is 0. The maximum Gasteiger partial charge on any atom is 0.335 e. The van der Waals surface area contributed by atoms with Crippen LogP contribution >= 0.6 is 0 Å². The normalized spacial score (nSPS) is 36.6. The van der Waals surface area contributed by atoms with Crippen LogP contribution in [0.4, 0.5) is 0 Å². The summed E-state index contributed by atoms with van der Waals surface area (Å²) in [5, 5.41) is 0. The molecule has 4 saturated carbocycles. The van der Waals surface area contributed by atoms with Crippen molar-refractivity contribution in [2.24, 2.45) is 46.3 Å². The van der Waals surface area contributed by atoms with Gasteiger partial charge in [-0.15, -0.1) is 0 Å². The number of carbonyl (C=O) groups is 1. The number of fused-ring (bicyclic) bond motifs is 5. The number of hydrogen-bond donors (Lipinski definition) is 0. The van der Waals surface area contributed by atoms with Crippen LogP contribution in [0.1, 0.15) is 163 Å². The van der Waals surface area contributed by atoms with Crippen molar-refractivity contribution in [3.8, 4) is 0 Å². The van der Waals surface area contributed by atoms with Gasteiger partial charge in [-0.25, -0.2) is 4.79 Å². The van der Waals surface area contributed by atoms with Gasteiger partial charge in [-0.05, 0) is 136 Å². The van der Waals surface area contributed by atoms with Gasteiger partial charge in [0.15, 0.2) is 0 Å². The lowest BCUT2D eigenvalue weighted by Gasteiger charge is -2.61. The Morgan fingerprint density at radius 2 is 1.65 bits per heavy atom. The van der Waals surface area contributed by atoms with E-state index in [0.717, 1.165) is 48.3 Å². The lowest BCUT2D eigenvalue weighted by Crippen LogP contribution is -2.53. The van der Waals surface area contributed by atoms with Gasteiger partial charge in [-0.1, -0.05) is 85.1 Å². The molecule has 0 amide bonds. The molecule has 0 bridgehead atoms. The number of unbranched alkanes of at least 4 members (excludes halogenated alkanes) is 6. The second-order valence-corrected chi connectivity index (χ2v) is 15.4. The van der Waals surface area contributed by atoms with Crippen LogP contribution in [0.3, 0.4) is 0 Å². The molecule has 4 fully saturated rings. The van der Waals surface area contributed by atoms with E-state index in [0.29, 0.717) is 10.8 Å². The third-order valence-electron chi connectivity index (χ3n) is 12.9. The summed E-state index contributed by atoms with van der Waals surface area (Å²) in [7, 11) is 0. The lowest BCUT2D eigenvalue weighted by molar-refractivity contribution is -0.132. The van der Waals surface area contributed by atoms with E-state index in [1.165, 1.54) is 121 Å². The molecule has 8 atom stereocenters. The van der Waals surface area contributed by atoms with Gasteiger partial charge in [0.25, 0.3) is 0 Å². The molecule has 1 unspecified atom stereocenters. The Hall–Kier alpha value is -1.05. The largest absolute Gasteiger partial charge is 0.431 e. The Labute approximate surface area is 248 Å². The minimum Gasteiger partial charge on any atom is -0.431 e. The summed E-state index contributed by atoms with van der Waals surface area (Å²) in [6.45, 7) is 12.3. The van der Waals surface area contributed by atoms with Crippen LogP contribution in [0.5, 0.6) is 0 Å². The second kappa shape index (κ2) is 14.9. The number of allylic oxidation sites excluding steroid dienone is 2. The van der Waals surface area contributed by atoms with Crippen LogP contribution in [0.15, 0.2) is 24.0 Å². The van der Waals surface area contributed by atoms with Gasteiger partial charge in [0.05, 0.1) is 6.26 Å². The molecule has 40 heavy (non-hydrogen) atoms. The fourth-order valence-electron chi connectivity index (χ4n) is 10.7. The monoisotopic (exact) mass is 552 g/mol. The minimum absolute atomic E-state index is 0.227. The SMILES string of the molecule is CCCCCCCCC=CC(=O)OC=C(C)CCC[C@@H](C)[C@H]1CC[C@H]2[C@@H]3CCC4CCCC[C@]4(C)[C@H]3CC[C@]12C. The zero-order valence-electron chi connectivity index (χ0n) is 27.2. The summed E-state index contributed by atoms with van der Waals surface area (Å²) in [4.78, 5) is 12.1. The molecule has 0 N–H and O–H groups in total. The predicted octanol–water partition coefficient (Wildman–Crippen LogP) is 11.6. The first-order valence-corrected chi connectivity index (χ1v) is 17.8. The average molecular weight is 553 g/mol. The van der Waals surface area contributed by atoms with Crippen molar-refractivity contribution in [1.82, 2.24) is 0 Å². The fraction of sp³-hybridized carbons (Fsp3) is 0.868. The van der Waals surface area contributed by atoms with Crippen LogP contribution in [-0.2, 0) is 9.53 Å². The summed E-state index contributed by atoms with van der Waals surface area (Å²) < 4.78 is 5.42. The maximum atomic E-state index is 12.1. The maximum absolute atomic E-state index is 12.1. The van der Waals surface area contributed by atoms with E-state index >= 15 is 0 Å². The zero-order chi connectivity index (χ0) is 28.6. The molecule has 0 radical (unpaired) electrons. The van der Waals surface area contributed by atoms with Gasteiger partial charge in [-0.2, -0.15) is 0 Å². The molecule has 0 aliphatic heterocycles. The topological polar surface area (TPSA) is 26.3 Å². The molecule has 4 aliphatic carbocycles. The van der Waals surface area contributed by atoms with Crippen LogP contribution in [0.2, 0.25) is 0 Å². The molecule has 0 heterocycles. The molecule has 0 saturated heterocycles. The van der Waals surface area contributed by atoms with E-state index in [-0.39, 0.29) is 5.97 Å². The molecule has 0 aromatic carbocycles. The van der Waals surface area contributed by atoms with Gasteiger partial charge in [0.2, 0.25) is 0 Å². The smallest absolute Gasteiger partial charge is 0.335 e. The quantitative estimate of drug-likeness (QED) is 0.0927. The molecule has 228 valence electrons. The van der Waals surface area contributed by atoms with E-state index in [1.807, 2.05) is 6.08 Å². The highest BCUT2D eigenvalue weighted by atomic mass is 16.5. The average Bonchev–Trinajstić information content (AvgIpc) is 3.30. The van der Waals surface area contributed by atoms with Gasteiger partial charge in [0, 0.05) is 6.08 Å². The Bertz CT molecular complexity index is 856. The minimum atomic E-state index is -0.227. The van der Waals surface area contributed by atoms with E-state index in [4.69, 9.17) is 4.74 Å². The number of rotatable bonds is 14. The van der Waals surface area contributed by atoms with Gasteiger partial charge < -0.3 is 4.74 Å². The lowest BCUT2D eigenvalue weighted by atomic mass is 9.44. The molecule has 0 aromatic rings. The van der Waals surface area contributed by atoms with Gasteiger partial charge in [-0.3, -0.25) is 0 Å². The highest BCUT2D eigenvalue weighted by Crippen LogP contribution is 2.68. The third kappa shape index (κ3) is 7.47. The Morgan fingerprint density at radius 1 is 0.875 bits per heavy atom. The molecule has 4 rings (SSSR count). The van der Waals surface area contributed by atoms with Crippen LogP contribution in [0, 0.1) is 46.3 Å². The zero-order valence-corrected chi connectivity index (χ0v) is 27.2. The van der Waals surface area contributed by atoms with Crippen LogP contribution in [-0.4, -0.2) is 5.97 Å². The number of esters is 1. The Kier molecular flexibility index (Phi) is 11.9. The highest BCUT2D eigenvalue weighted by Gasteiger charge is 2.60. The van der Waals surface area contributed by atoms with Crippen molar-refractivity contribution in [2.75, 3.05) is 0 Å². The Morgan fingerprint density at radius 3 is 2.48 bits per heavy atom. The van der Waals surface area contributed by atoms with Crippen molar-refractivity contribution in [3.63, 3.8) is 0 Å². The van der Waals surface area contributed by atoms with Crippen molar-refractivity contribution in [2.45, 2.75) is 163 Å². The summed E-state index contributed by atoms with van der Waals surface area (Å²) in [6, 6.07) is 0. The number of ether oxygens (including phenoxy) is 1. The van der Waals surface area contributed by atoms with Crippen molar-refractivity contribution in [1.29, 1.82) is 0 Å². The van der Waals surface area contributed by atoms with E-state index in [2.05, 4.69) is 34.6 Å². The van der Waals surface area contributed by atoms with Gasteiger partial charge in [0.1, 0.15) is 0 Å². The molecular formula is C38H64O2. The molecule has 2 heteroatoms. The van der Waals surface area contributed by atoms with E-state index < -0.39 is 0 Å². The first kappa shape index (κ1) is 31.9. The van der Waals surface area contributed by atoms with Crippen molar-refractivity contribution < 1.29 is 9.53 Å². The molecule has 0 aromatic heterocycles. The molecular weight excluding hydrogens is 488 g/mol. The molecule has 2 nitrogen and oxygen atoms in total. The highest BCUT2D eigenvalue weighted by molar-refractivity contribution is 5.82. The van der Waals surface area contributed by atoms with E-state index in [1.54, 1.807) is 12.3 Å². The summed E-state index contributed by atoms with van der Waals surface area (Å²) in [5.41, 5.74) is 2.42. The van der Waals surface area contributed by atoms with Gasteiger partial charge >= 0.3 is 5.97 Å². The molecule has 4 aliphatic rings. The second-order valence-electron chi connectivity index (χ2n) is 15.4. The predicted molar refractivity (Wildman–Crippen MR) is 170 cm³/mol. The first-order valence-electron chi connectivity index (χ1n) is 17.8. The van der Waals surface area contributed by atoms with E-state index in [9.17, 15) is 4.79 Å².